The third-order valence-electron chi connectivity index (χ3n) is 4.56. The van der Waals surface area contributed by atoms with E-state index in [1.807, 2.05) is 11.0 Å². The van der Waals surface area contributed by atoms with Gasteiger partial charge in [0.05, 0.1) is 6.04 Å². The Hall–Kier alpha value is -2.70. The SMILES string of the molecule is O=C(Cn1cccn1)NC[C@H](Cc1cccc(F)c1)N1CCCCC1=O. The van der Waals surface area contributed by atoms with Gasteiger partial charge in [0.2, 0.25) is 11.8 Å². The van der Waals surface area contributed by atoms with Gasteiger partial charge in [0.1, 0.15) is 12.4 Å². The molecule has 2 heterocycles. The number of hydrogen-bond donors (Lipinski definition) is 1. The summed E-state index contributed by atoms with van der Waals surface area (Å²) in [6.07, 6.45) is 6.22. The van der Waals surface area contributed by atoms with Crippen molar-refractivity contribution in [2.75, 3.05) is 13.1 Å². The zero-order valence-corrected chi connectivity index (χ0v) is 14.6. The number of rotatable bonds is 7. The molecule has 0 unspecified atom stereocenters. The highest BCUT2D eigenvalue weighted by Gasteiger charge is 2.26. The van der Waals surface area contributed by atoms with E-state index >= 15 is 0 Å². The third-order valence-corrected chi connectivity index (χ3v) is 4.56. The van der Waals surface area contributed by atoms with Crippen molar-refractivity contribution in [1.29, 1.82) is 0 Å². The molecular formula is C19H23FN4O2. The minimum absolute atomic E-state index is 0.0963. The summed E-state index contributed by atoms with van der Waals surface area (Å²) in [5, 5.41) is 6.90. The second kappa shape index (κ2) is 8.60. The van der Waals surface area contributed by atoms with Crippen molar-refractivity contribution in [1.82, 2.24) is 20.0 Å². The Labute approximate surface area is 152 Å². The van der Waals surface area contributed by atoms with E-state index in [0.717, 1.165) is 18.4 Å². The maximum absolute atomic E-state index is 13.5. The van der Waals surface area contributed by atoms with E-state index in [1.165, 1.54) is 12.1 Å². The van der Waals surface area contributed by atoms with Gasteiger partial charge in [-0.25, -0.2) is 4.39 Å². The van der Waals surface area contributed by atoms with Gasteiger partial charge in [-0.05, 0) is 43.0 Å². The Balaban J connectivity index is 1.65. The number of hydrogen-bond acceptors (Lipinski definition) is 3. The number of benzene rings is 1. The smallest absolute Gasteiger partial charge is 0.241 e. The summed E-state index contributed by atoms with van der Waals surface area (Å²) in [7, 11) is 0. The van der Waals surface area contributed by atoms with Crippen LogP contribution in [0.3, 0.4) is 0 Å². The van der Waals surface area contributed by atoms with E-state index in [0.29, 0.717) is 25.9 Å². The van der Waals surface area contributed by atoms with Crippen molar-refractivity contribution >= 4 is 11.8 Å². The van der Waals surface area contributed by atoms with Gasteiger partial charge in [0.15, 0.2) is 0 Å². The summed E-state index contributed by atoms with van der Waals surface area (Å²) in [4.78, 5) is 26.3. The second-order valence-corrected chi connectivity index (χ2v) is 6.54. The molecule has 7 heteroatoms. The first kappa shape index (κ1) is 18.1. The van der Waals surface area contributed by atoms with Gasteiger partial charge in [-0.2, -0.15) is 5.10 Å². The largest absolute Gasteiger partial charge is 0.352 e. The summed E-state index contributed by atoms with van der Waals surface area (Å²) in [5.74, 6) is -0.365. The molecule has 2 aromatic rings. The van der Waals surface area contributed by atoms with Crippen LogP contribution in [0.4, 0.5) is 4.39 Å². The highest BCUT2D eigenvalue weighted by molar-refractivity contribution is 5.78. The maximum atomic E-state index is 13.5. The average Bonchev–Trinajstić information content (AvgIpc) is 3.12. The molecule has 6 nitrogen and oxygen atoms in total. The van der Waals surface area contributed by atoms with Crippen molar-refractivity contribution in [3.8, 4) is 0 Å². The van der Waals surface area contributed by atoms with Crippen LogP contribution in [0.2, 0.25) is 0 Å². The Morgan fingerprint density at radius 2 is 2.19 bits per heavy atom. The number of nitrogens with one attached hydrogen (secondary N) is 1. The van der Waals surface area contributed by atoms with Crippen LogP contribution in [-0.2, 0) is 22.6 Å². The second-order valence-electron chi connectivity index (χ2n) is 6.54. The van der Waals surface area contributed by atoms with Crippen LogP contribution in [0, 0.1) is 5.82 Å². The fraction of sp³-hybridized carbons (Fsp3) is 0.421. The van der Waals surface area contributed by atoms with Gasteiger partial charge in [0.25, 0.3) is 0 Å². The molecule has 1 aromatic carbocycles. The zero-order valence-electron chi connectivity index (χ0n) is 14.6. The number of nitrogens with zero attached hydrogens (tertiary/aromatic N) is 3. The van der Waals surface area contributed by atoms with Crippen LogP contribution in [0.5, 0.6) is 0 Å². The van der Waals surface area contributed by atoms with Crippen LogP contribution in [-0.4, -0.2) is 45.6 Å². The molecular weight excluding hydrogens is 335 g/mol. The van der Waals surface area contributed by atoms with E-state index in [1.54, 1.807) is 29.2 Å². The van der Waals surface area contributed by atoms with E-state index in [4.69, 9.17) is 0 Å². The summed E-state index contributed by atoms with van der Waals surface area (Å²) in [6, 6.07) is 7.95. The molecule has 3 rings (SSSR count). The monoisotopic (exact) mass is 358 g/mol. The number of likely N-dealkylation sites (tertiary alicyclic amines) is 1. The van der Waals surface area contributed by atoms with E-state index < -0.39 is 0 Å². The summed E-state index contributed by atoms with van der Waals surface area (Å²) >= 11 is 0. The fourth-order valence-corrected chi connectivity index (χ4v) is 3.27. The Kier molecular flexibility index (Phi) is 5.99. The summed E-state index contributed by atoms with van der Waals surface area (Å²) < 4.78 is 15.0. The molecule has 1 atom stereocenters. The van der Waals surface area contributed by atoms with Crippen molar-refractivity contribution in [2.45, 2.75) is 38.3 Å². The highest BCUT2D eigenvalue weighted by Crippen LogP contribution is 2.17. The number of aromatic nitrogens is 2. The number of carbonyl (C=O) groups excluding carboxylic acids is 2. The number of halogens is 1. The first-order valence-corrected chi connectivity index (χ1v) is 8.90. The van der Waals surface area contributed by atoms with Crippen molar-refractivity contribution in [3.05, 3.63) is 54.1 Å². The Bertz CT molecular complexity index is 748. The van der Waals surface area contributed by atoms with Crippen molar-refractivity contribution in [2.24, 2.45) is 0 Å². The lowest BCUT2D eigenvalue weighted by Gasteiger charge is -2.35. The number of carbonyl (C=O) groups is 2. The van der Waals surface area contributed by atoms with Gasteiger partial charge in [0, 0.05) is 31.9 Å². The number of piperidine rings is 1. The van der Waals surface area contributed by atoms with Crippen molar-refractivity contribution < 1.29 is 14.0 Å². The van der Waals surface area contributed by atoms with Gasteiger partial charge < -0.3 is 10.2 Å². The molecule has 0 saturated carbocycles. The summed E-state index contributed by atoms with van der Waals surface area (Å²) in [6.45, 7) is 1.14. The number of amides is 2. The summed E-state index contributed by atoms with van der Waals surface area (Å²) in [5.41, 5.74) is 0.815. The van der Waals surface area contributed by atoms with E-state index in [9.17, 15) is 14.0 Å². The van der Waals surface area contributed by atoms with Gasteiger partial charge in [-0.1, -0.05) is 12.1 Å². The van der Waals surface area contributed by atoms with Gasteiger partial charge >= 0.3 is 0 Å². The van der Waals surface area contributed by atoms with Crippen LogP contribution in [0.15, 0.2) is 42.7 Å². The van der Waals surface area contributed by atoms with Crippen LogP contribution < -0.4 is 5.32 Å². The Morgan fingerprint density at radius 1 is 1.31 bits per heavy atom. The molecule has 1 fully saturated rings. The molecule has 1 aliphatic rings. The maximum Gasteiger partial charge on any atom is 0.241 e. The topological polar surface area (TPSA) is 67.2 Å². The first-order valence-electron chi connectivity index (χ1n) is 8.90. The standard InChI is InChI=1S/C19H23FN4O2/c20-16-6-3-5-15(11-16)12-17(24-10-2-1-7-19(24)26)13-21-18(25)14-23-9-4-8-22-23/h3-6,8-9,11,17H,1-2,7,10,12-14H2,(H,21,25)/t17-/m0/s1. The van der Waals surface area contributed by atoms with Gasteiger partial charge in [-0.15, -0.1) is 0 Å². The average molecular weight is 358 g/mol. The predicted octanol–water partition coefficient (Wildman–Crippen LogP) is 1.76. The van der Waals surface area contributed by atoms with Crippen LogP contribution in [0.25, 0.3) is 0 Å². The third kappa shape index (κ3) is 4.91. The molecule has 0 spiro atoms. The molecule has 0 bridgehead atoms. The van der Waals surface area contributed by atoms with Crippen molar-refractivity contribution in [3.63, 3.8) is 0 Å². The normalized spacial score (nSPS) is 15.7. The highest BCUT2D eigenvalue weighted by atomic mass is 19.1. The molecule has 0 aliphatic carbocycles. The minimum atomic E-state index is -0.297. The minimum Gasteiger partial charge on any atom is -0.352 e. The molecule has 26 heavy (non-hydrogen) atoms. The quantitative estimate of drug-likeness (QED) is 0.820. The van der Waals surface area contributed by atoms with Crippen LogP contribution in [0.1, 0.15) is 24.8 Å². The molecule has 2 amide bonds. The molecule has 0 radical (unpaired) electrons. The fourth-order valence-electron chi connectivity index (χ4n) is 3.27. The molecule has 1 N–H and O–H groups in total. The lowest BCUT2D eigenvalue weighted by molar-refractivity contribution is -0.136. The zero-order chi connectivity index (χ0) is 18.4. The molecule has 1 aliphatic heterocycles. The molecule has 138 valence electrons. The predicted molar refractivity (Wildman–Crippen MR) is 94.7 cm³/mol. The van der Waals surface area contributed by atoms with Crippen LogP contribution >= 0.6 is 0 Å². The Morgan fingerprint density at radius 3 is 2.92 bits per heavy atom. The lowest BCUT2D eigenvalue weighted by Crippen LogP contribution is -2.50. The molecule has 1 saturated heterocycles. The lowest BCUT2D eigenvalue weighted by atomic mass is 10.0. The first-order chi connectivity index (χ1) is 12.6. The van der Waals surface area contributed by atoms with E-state index in [-0.39, 0.29) is 30.2 Å². The van der Waals surface area contributed by atoms with Gasteiger partial charge in [-0.3, -0.25) is 14.3 Å². The van der Waals surface area contributed by atoms with E-state index in [2.05, 4.69) is 10.4 Å². The molecule has 1 aromatic heterocycles.